The van der Waals surface area contributed by atoms with Crippen LogP contribution in [0.2, 0.25) is 0 Å². The van der Waals surface area contributed by atoms with Crippen molar-refractivity contribution < 1.29 is 4.74 Å². The number of thiocarbonyl (C=S) groups is 1. The quantitative estimate of drug-likeness (QED) is 0.546. The molecule has 5 nitrogen and oxygen atoms in total. The number of pyridine rings is 1. The zero-order chi connectivity index (χ0) is 20.1. The Bertz CT molecular complexity index is 887. The van der Waals surface area contributed by atoms with Gasteiger partial charge in [0.15, 0.2) is 5.11 Å². The fourth-order valence-corrected chi connectivity index (χ4v) is 4.28. The van der Waals surface area contributed by atoms with Gasteiger partial charge in [0.25, 0.3) is 5.56 Å². The van der Waals surface area contributed by atoms with Crippen molar-refractivity contribution in [3.63, 3.8) is 0 Å². The number of benzene rings is 1. The molecule has 0 atom stereocenters. The first-order valence-electron chi connectivity index (χ1n) is 10.2. The highest BCUT2D eigenvalue weighted by molar-refractivity contribution is 7.80. The van der Waals surface area contributed by atoms with E-state index in [2.05, 4.69) is 41.2 Å². The number of rotatable bonds is 7. The summed E-state index contributed by atoms with van der Waals surface area (Å²) in [5.74, 6) is 0. The van der Waals surface area contributed by atoms with Crippen LogP contribution in [0.25, 0.3) is 10.9 Å². The number of methoxy groups -OCH3 is 1. The molecular weight excluding hydrogens is 370 g/mol. The SMILES string of the molecule is COCCCNC(=S)N(Cc1cc2ccc(C)c(C)c2[nH]c1=O)C1CCCC1. The Kier molecular flexibility index (Phi) is 7.08. The van der Waals surface area contributed by atoms with Crippen molar-refractivity contribution in [1.82, 2.24) is 15.2 Å². The first-order chi connectivity index (χ1) is 13.5. The van der Waals surface area contributed by atoms with Gasteiger partial charge in [-0.2, -0.15) is 0 Å². The zero-order valence-corrected chi connectivity index (χ0v) is 18.0. The lowest BCUT2D eigenvalue weighted by molar-refractivity contribution is 0.195. The predicted octanol–water partition coefficient (Wildman–Crippen LogP) is 3.80. The lowest BCUT2D eigenvalue weighted by Crippen LogP contribution is -2.45. The summed E-state index contributed by atoms with van der Waals surface area (Å²) in [7, 11) is 1.71. The van der Waals surface area contributed by atoms with E-state index < -0.39 is 0 Å². The second-order valence-corrected chi connectivity index (χ2v) is 8.13. The third kappa shape index (κ3) is 4.73. The molecule has 0 unspecified atom stereocenters. The first-order valence-corrected chi connectivity index (χ1v) is 10.6. The highest BCUT2D eigenvalue weighted by Crippen LogP contribution is 2.25. The van der Waals surface area contributed by atoms with E-state index in [4.69, 9.17) is 17.0 Å². The molecule has 0 amide bonds. The number of hydrogen-bond donors (Lipinski definition) is 2. The molecule has 1 aliphatic carbocycles. The normalized spacial score (nSPS) is 14.5. The minimum atomic E-state index is -0.0219. The van der Waals surface area contributed by atoms with E-state index in [-0.39, 0.29) is 5.56 Å². The van der Waals surface area contributed by atoms with Crippen LogP contribution in [-0.4, -0.2) is 41.3 Å². The molecular formula is C22H31N3O2S. The van der Waals surface area contributed by atoms with E-state index in [1.165, 1.54) is 18.4 Å². The molecule has 1 aromatic heterocycles. The molecule has 1 heterocycles. The van der Waals surface area contributed by atoms with Gasteiger partial charge in [-0.05, 0) is 67.9 Å². The van der Waals surface area contributed by atoms with Crippen LogP contribution in [0.4, 0.5) is 0 Å². The van der Waals surface area contributed by atoms with Gasteiger partial charge in [0, 0.05) is 31.9 Å². The summed E-state index contributed by atoms with van der Waals surface area (Å²) in [5, 5.41) is 5.16. The van der Waals surface area contributed by atoms with Crippen LogP contribution in [0.1, 0.15) is 48.8 Å². The van der Waals surface area contributed by atoms with Gasteiger partial charge in [-0.3, -0.25) is 4.79 Å². The maximum Gasteiger partial charge on any atom is 0.253 e. The van der Waals surface area contributed by atoms with Crippen LogP contribution in [0, 0.1) is 13.8 Å². The molecule has 0 aliphatic heterocycles. The number of H-pyrrole nitrogens is 1. The second-order valence-electron chi connectivity index (χ2n) is 7.74. The Balaban J connectivity index is 1.83. The Morgan fingerprint density at radius 1 is 1.32 bits per heavy atom. The summed E-state index contributed by atoms with van der Waals surface area (Å²) < 4.78 is 5.11. The number of nitrogens with one attached hydrogen (secondary N) is 2. The van der Waals surface area contributed by atoms with Crippen molar-refractivity contribution in [3.05, 3.63) is 45.2 Å². The van der Waals surface area contributed by atoms with Crippen LogP contribution >= 0.6 is 12.2 Å². The van der Waals surface area contributed by atoms with Crippen molar-refractivity contribution in [1.29, 1.82) is 0 Å². The van der Waals surface area contributed by atoms with Crippen LogP contribution in [0.3, 0.4) is 0 Å². The minimum absolute atomic E-state index is 0.0219. The average molecular weight is 402 g/mol. The lowest BCUT2D eigenvalue weighted by atomic mass is 10.0. The number of aryl methyl sites for hydroxylation is 2. The van der Waals surface area contributed by atoms with Crippen molar-refractivity contribution >= 4 is 28.2 Å². The van der Waals surface area contributed by atoms with Crippen molar-refractivity contribution in [3.8, 4) is 0 Å². The van der Waals surface area contributed by atoms with Crippen molar-refractivity contribution in [2.75, 3.05) is 20.3 Å². The highest BCUT2D eigenvalue weighted by atomic mass is 32.1. The van der Waals surface area contributed by atoms with Crippen LogP contribution < -0.4 is 10.9 Å². The predicted molar refractivity (Wildman–Crippen MR) is 119 cm³/mol. The fourth-order valence-electron chi connectivity index (χ4n) is 3.97. The molecule has 2 aromatic rings. The summed E-state index contributed by atoms with van der Waals surface area (Å²) in [4.78, 5) is 18.1. The maximum absolute atomic E-state index is 12.8. The van der Waals surface area contributed by atoms with E-state index in [9.17, 15) is 4.79 Å². The average Bonchev–Trinajstić information content (AvgIpc) is 3.21. The van der Waals surface area contributed by atoms with Gasteiger partial charge in [-0.15, -0.1) is 0 Å². The van der Waals surface area contributed by atoms with Gasteiger partial charge >= 0.3 is 0 Å². The number of hydrogen-bond acceptors (Lipinski definition) is 3. The van der Waals surface area contributed by atoms with Gasteiger partial charge in [0.05, 0.1) is 12.1 Å². The lowest BCUT2D eigenvalue weighted by Gasteiger charge is -2.31. The number of nitrogens with zero attached hydrogens (tertiary/aromatic N) is 1. The van der Waals surface area contributed by atoms with Gasteiger partial charge in [0.2, 0.25) is 0 Å². The van der Waals surface area contributed by atoms with Gasteiger partial charge in [0.1, 0.15) is 0 Å². The van der Waals surface area contributed by atoms with E-state index in [1.807, 2.05) is 6.07 Å². The molecule has 28 heavy (non-hydrogen) atoms. The van der Waals surface area contributed by atoms with Gasteiger partial charge in [-0.1, -0.05) is 25.0 Å². The Hall–Kier alpha value is -1.92. The number of aromatic amines is 1. The van der Waals surface area contributed by atoms with E-state index in [0.717, 1.165) is 52.9 Å². The molecule has 6 heteroatoms. The third-order valence-electron chi connectivity index (χ3n) is 5.80. The van der Waals surface area contributed by atoms with Gasteiger partial charge in [-0.25, -0.2) is 0 Å². The van der Waals surface area contributed by atoms with Crippen LogP contribution in [-0.2, 0) is 11.3 Å². The minimum Gasteiger partial charge on any atom is -0.385 e. The molecule has 1 fully saturated rings. The maximum atomic E-state index is 12.8. The molecule has 0 spiro atoms. The largest absolute Gasteiger partial charge is 0.385 e. The number of fused-ring (bicyclic) bond motifs is 1. The molecule has 0 saturated heterocycles. The van der Waals surface area contributed by atoms with E-state index in [0.29, 0.717) is 19.2 Å². The molecule has 1 aromatic carbocycles. The topological polar surface area (TPSA) is 57.4 Å². The summed E-state index contributed by atoms with van der Waals surface area (Å²) in [5.41, 5.74) is 3.99. The Morgan fingerprint density at radius 2 is 2.07 bits per heavy atom. The third-order valence-corrected chi connectivity index (χ3v) is 6.18. The zero-order valence-electron chi connectivity index (χ0n) is 17.1. The monoisotopic (exact) mass is 401 g/mol. The first kappa shape index (κ1) is 20.8. The smallest absolute Gasteiger partial charge is 0.253 e. The fraction of sp³-hybridized carbons (Fsp3) is 0.545. The van der Waals surface area contributed by atoms with Crippen LogP contribution in [0.15, 0.2) is 23.0 Å². The molecule has 0 bridgehead atoms. The molecule has 1 aliphatic rings. The number of aromatic nitrogens is 1. The van der Waals surface area contributed by atoms with Crippen LogP contribution in [0.5, 0.6) is 0 Å². The standard InChI is InChI=1S/C22H31N3O2S/c1-15-9-10-17-13-18(21(26)24-20(17)16(15)2)14-25(19-7-4-5-8-19)22(28)23-11-6-12-27-3/h9-10,13,19H,4-8,11-12,14H2,1-3H3,(H,23,28)(H,24,26). The Labute approximate surface area is 172 Å². The summed E-state index contributed by atoms with van der Waals surface area (Å²) in [6.07, 6.45) is 5.61. The summed E-state index contributed by atoms with van der Waals surface area (Å²) in [6, 6.07) is 6.61. The van der Waals surface area contributed by atoms with Crippen molar-refractivity contribution in [2.24, 2.45) is 0 Å². The molecule has 0 radical (unpaired) electrons. The second kappa shape index (κ2) is 9.52. The molecule has 1 saturated carbocycles. The van der Waals surface area contributed by atoms with E-state index >= 15 is 0 Å². The Morgan fingerprint density at radius 3 is 2.79 bits per heavy atom. The summed E-state index contributed by atoms with van der Waals surface area (Å²) in [6.45, 7) is 6.15. The molecule has 3 rings (SSSR count). The molecule has 152 valence electrons. The molecule has 2 N–H and O–H groups in total. The number of ether oxygens (including phenoxy) is 1. The van der Waals surface area contributed by atoms with Crippen molar-refractivity contribution in [2.45, 2.75) is 58.5 Å². The van der Waals surface area contributed by atoms with E-state index in [1.54, 1.807) is 7.11 Å². The summed E-state index contributed by atoms with van der Waals surface area (Å²) >= 11 is 5.70. The highest BCUT2D eigenvalue weighted by Gasteiger charge is 2.25. The van der Waals surface area contributed by atoms with Gasteiger partial charge < -0.3 is 19.9 Å².